The van der Waals surface area contributed by atoms with Crippen molar-refractivity contribution in [2.45, 2.75) is 32.2 Å². The summed E-state index contributed by atoms with van der Waals surface area (Å²) < 4.78 is 10.6. The average molecular weight is 346 g/mol. The van der Waals surface area contributed by atoms with Gasteiger partial charge in [-0.15, -0.1) is 0 Å². The summed E-state index contributed by atoms with van der Waals surface area (Å²) in [7, 11) is 0. The highest BCUT2D eigenvalue weighted by Crippen LogP contribution is 2.39. The Morgan fingerprint density at radius 1 is 1.38 bits per heavy atom. The number of aromatic nitrogens is 2. The summed E-state index contributed by atoms with van der Waals surface area (Å²) in [5.41, 5.74) is 2.65. The summed E-state index contributed by atoms with van der Waals surface area (Å²) >= 11 is 6.14. The van der Waals surface area contributed by atoms with Crippen molar-refractivity contribution in [1.29, 1.82) is 0 Å². The molecule has 24 heavy (non-hydrogen) atoms. The predicted octanol–water partition coefficient (Wildman–Crippen LogP) is 2.45. The summed E-state index contributed by atoms with van der Waals surface area (Å²) in [4.78, 5) is 21.2. The Hall–Kier alpha value is -2.34. The highest BCUT2D eigenvalue weighted by Gasteiger charge is 2.24. The number of nitrogens with zero attached hydrogens (tertiary/aromatic N) is 2. The van der Waals surface area contributed by atoms with Crippen LogP contribution in [0.3, 0.4) is 0 Å². The number of benzene rings is 1. The maximum Gasteiger partial charge on any atom is 0.251 e. The quantitative estimate of drug-likeness (QED) is 0.905. The monoisotopic (exact) mass is 345 g/mol. The number of ether oxygens (including phenoxy) is 2. The third-order valence-corrected chi connectivity index (χ3v) is 4.58. The molecule has 1 amide bonds. The van der Waals surface area contributed by atoms with Gasteiger partial charge in [0.2, 0.25) is 6.79 Å². The summed E-state index contributed by atoms with van der Waals surface area (Å²) in [6, 6.07) is 3.32. The Morgan fingerprint density at radius 2 is 2.25 bits per heavy atom. The van der Waals surface area contributed by atoms with E-state index in [9.17, 15) is 4.79 Å². The molecule has 6 nitrogen and oxygen atoms in total. The molecule has 124 valence electrons. The van der Waals surface area contributed by atoms with Crippen molar-refractivity contribution < 1.29 is 14.3 Å². The van der Waals surface area contributed by atoms with Crippen molar-refractivity contribution in [3.63, 3.8) is 0 Å². The van der Waals surface area contributed by atoms with E-state index in [-0.39, 0.29) is 18.7 Å². The van der Waals surface area contributed by atoms with Gasteiger partial charge in [0.05, 0.1) is 5.02 Å². The van der Waals surface area contributed by atoms with Gasteiger partial charge in [0.25, 0.3) is 5.91 Å². The van der Waals surface area contributed by atoms with E-state index >= 15 is 0 Å². The van der Waals surface area contributed by atoms with Crippen LogP contribution in [0.4, 0.5) is 0 Å². The van der Waals surface area contributed by atoms with E-state index < -0.39 is 0 Å². The van der Waals surface area contributed by atoms with Gasteiger partial charge in [0.15, 0.2) is 11.5 Å². The fourth-order valence-corrected chi connectivity index (χ4v) is 3.36. The lowest BCUT2D eigenvalue weighted by atomic mass is 9.92. The number of nitrogens with one attached hydrogen (secondary N) is 1. The molecule has 0 bridgehead atoms. The van der Waals surface area contributed by atoms with Crippen LogP contribution >= 0.6 is 11.6 Å². The van der Waals surface area contributed by atoms with Crippen LogP contribution in [0, 0.1) is 6.92 Å². The lowest BCUT2D eigenvalue weighted by Crippen LogP contribution is -2.39. The van der Waals surface area contributed by atoms with Gasteiger partial charge in [-0.1, -0.05) is 11.6 Å². The molecule has 2 heterocycles. The molecule has 1 atom stereocenters. The Balaban J connectivity index is 1.49. The van der Waals surface area contributed by atoms with Crippen LogP contribution in [0.1, 0.15) is 33.9 Å². The summed E-state index contributed by atoms with van der Waals surface area (Å²) in [5, 5.41) is 3.44. The Morgan fingerprint density at radius 3 is 3.12 bits per heavy atom. The first-order chi connectivity index (χ1) is 11.6. The van der Waals surface area contributed by atoms with Gasteiger partial charge >= 0.3 is 0 Å². The van der Waals surface area contributed by atoms with Crippen LogP contribution in [-0.4, -0.2) is 28.7 Å². The normalized spacial score (nSPS) is 18.2. The largest absolute Gasteiger partial charge is 0.454 e. The zero-order valence-electron chi connectivity index (χ0n) is 13.1. The van der Waals surface area contributed by atoms with Crippen molar-refractivity contribution in [2.75, 3.05) is 6.79 Å². The molecule has 4 rings (SSSR count). The summed E-state index contributed by atoms with van der Waals surface area (Å²) in [6.07, 6.45) is 4.28. The van der Waals surface area contributed by atoms with Crippen molar-refractivity contribution in [3.8, 4) is 11.5 Å². The highest BCUT2D eigenvalue weighted by atomic mass is 35.5. The zero-order valence-corrected chi connectivity index (χ0v) is 13.9. The summed E-state index contributed by atoms with van der Waals surface area (Å²) in [6.45, 7) is 2.01. The Labute approximate surface area is 144 Å². The second-order valence-electron chi connectivity index (χ2n) is 5.99. The van der Waals surface area contributed by atoms with Gasteiger partial charge in [0.1, 0.15) is 5.82 Å². The standard InChI is InChI=1S/C17H16ClN3O3/c1-9-19-7-11-4-12(2-3-14(11)20-9)21-17(22)10-5-13(18)16-15(6-10)23-8-24-16/h5-7,12H,2-4,8H2,1H3,(H,21,22)/t12-/m0/s1. The van der Waals surface area contributed by atoms with Gasteiger partial charge < -0.3 is 14.8 Å². The number of hydrogen-bond acceptors (Lipinski definition) is 5. The molecule has 2 aliphatic rings. The molecule has 1 aliphatic carbocycles. The highest BCUT2D eigenvalue weighted by molar-refractivity contribution is 6.32. The second-order valence-corrected chi connectivity index (χ2v) is 6.40. The first-order valence-corrected chi connectivity index (χ1v) is 8.19. The number of rotatable bonds is 2. The van der Waals surface area contributed by atoms with Crippen molar-refractivity contribution >= 4 is 17.5 Å². The Bertz CT molecular complexity index is 825. The topological polar surface area (TPSA) is 73.3 Å². The zero-order chi connectivity index (χ0) is 16.7. The molecule has 1 aromatic heterocycles. The van der Waals surface area contributed by atoms with E-state index in [1.807, 2.05) is 13.1 Å². The number of aryl methyl sites for hydroxylation is 2. The second kappa shape index (κ2) is 5.94. The molecule has 1 aliphatic heterocycles. The van der Waals surface area contributed by atoms with E-state index in [0.29, 0.717) is 22.1 Å². The lowest BCUT2D eigenvalue weighted by molar-refractivity contribution is 0.0933. The lowest BCUT2D eigenvalue weighted by Gasteiger charge is -2.24. The molecule has 0 fully saturated rings. The number of fused-ring (bicyclic) bond motifs is 2. The fraction of sp³-hybridized carbons (Fsp3) is 0.353. The molecule has 0 saturated carbocycles. The van der Waals surface area contributed by atoms with Gasteiger partial charge in [-0.2, -0.15) is 0 Å². The first-order valence-electron chi connectivity index (χ1n) is 7.81. The smallest absolute Gasteiger partial charge is 0.251 e. The molecule has 0 unspecified atom stereocenters. The van der Waals surface area contributed by atoms with Gasteiger partial charge in [-0.3, -0.25) is 4.79 Å². The van der Waals surface area contributed by atoms with E-state index in [0.717, 1.165) is 36.3 Å². The van der Waals surface area contributed by atoms with Crippen LogP contribution in [0.15, 0.2) is 18.3 Å². The molecule has 0 saturated heterocycles. The molecule has 1 aromatic carbocycles. The number of carbonyl (C=O) groups excluding carboxylic acids is 1. The minimum atomic E-state index is -0.170. The maximum atomic E-state index is 12.5. The number of amides is 1. The molecule has 0 radical (unpaired) electrons. The molecular formula is C17H16ClN3O3. The van der Waals surface area contributed by atoms with Crippen molar-refractivity contribution in [2.24, 2.45) is 0 Å². The van der Waals surface area contributed by atoms with Crippen molar-refractivity contribution in [3.05, 3.63) is 46.0 Å². The number of halogens is 1. The van der Waals surface area contributed by atoms with Crippen LogP contribution in [-0.2, 0) is 12.8 Å². The third kappa shape index (κ3) is 2.78. The van der Waals surface area contributed by atoms with Crippen LogP contribution in [0.2, 0.25) is 5.02 Å². The minimum absolute atomic E-state index is 0.0560. The number of hydrogen-bond donors (Lipinski definition) is 1. The van der Waals surface area contributed by atoms with E-state index in [1.165, 1.54) is 0 Å². The molecule has 1 N–H and O–H groups in total. The van der Waals surface area contributed by atoms with E-state index in [2.05, 4.69) is 15.3 Å². The molecule has 0 spiro atoms. The van der Waals surface area contributed by atoms with E-state index in [4.69, 9.17) is 21.1 Å². The Kier molecular flexibility index (Phi) is 3.76. The maximum absolute atomic E-state index is 12.5. The molecule has 2 aromatic rings. The average Bonchev–Trinajstić information content (AvgIpc) is 3.04. The van der Waals surface area contributed by atoms with Gasteiger partial charge in [-0.25, -0.2) is 9.97 Å². The minimum Gasteiger partial charge on any atom is -0.454 e. The van der Waals surface area contributed by atoms with Crippen LogP contribution in [0.5, 0.6) is 11.5 Å². The predicted molar refractivity (Wildman–Crippen MR) is 87.6 cm³/mol. The number of carbonyl (C=O) groups is 1. The molecule has 7 heteroatoms. The SMILES string of the molecule is Cc1ncc2c(n1)CC[C@H](NC(=O)c1cc(Cl)c3c(c1)OCO3)C2. The fourth-order valence-electron chi connectivity index (χ4n) is 3.10. The third-order valence-electron chi connectivity index (χ3n) is 4.30. The molecular weight excluding hydrogens is 330 g/mol. The summed E-state index contributed by atoms with van der Waals surface area (Å²) in [5.74, 6) is 1.61. The van der Waals surface area contributed by atoms with Crippen LogP contribution in [0.25, 0.3) is 0 Å². The van der Waals surface area contributed by atoms with Crippen molar-refractivity contribution in [1.82, 2.24) is 15.3 Å². The first kappa shape index (κ1) is 15.2. The van der Waals surface area contributed by atoms with Crippen LogP contribution < -0.4 is 14.8 Å². The van der Waals surface area contributed by atoms with Gasteiger partial charge in [-0.05, 0) is 43.9 Å². The van der Waals surface area contributed by atoms with E-state index in [1.54, 1.807) is 12.1 Å². The van der Waals surface area contributed by atoms with Gasteiger partial charge in [0, 0.05) is 23.5 Å².